The van der Waals surface area contributed by atoms with Crippen LogP contribution in [0, 0.1) is 5.92 Å². The van der Waals surface area contributed by atoms with E-state index in [9.17, 15) is 18.0 Å². The van der Waals surface area contributed by atoms with Crippen molar-refractivity contribution in [3.63, 3.8) is 0 Å². The van der Waals surface area contributed by atoms with Gasteiger partial charge in [0.05, 0.1) is 5.56 Å². The lowest BCUT2D eigenvalue weighted by Gasteiger charge is -2.06. The van der Waals surface area contributed by atoms with E-state index in [4.69, 9.17) is 0 Å². The molecule has 1 rings (SSSR count). The Morgan fingerprint density at radius 3 is 2.47 bits per heavy atom. The molecular weight excluding hydrogens is 229 g/mol. The number of alkyl halides is 3. The molecule has 1 nitrogen and oxygen atoms in total. The molecule has 0 aliphatic heterocycles. The lowest BCUT2D eigenvalue weighted by atomic mass is 10.1. The highest BCUT2D eigenvalue weighted by atomic mass is 19.4. The molecule has 0 amide bonds. The van der Waals surface area contributed by atoms with Crippen LogP contribution in [0.25, 0.3) is 6.08 Å². The number of rotatable bonds is 3. The Balaban J connectivity index is 2.90. The molecular formula is C13H13F3O. The van der Waals surface area contributed by atoms with Crippen LogP contribution in [0.3, 0.4) is 0 Å². The zero-order valence-electron chi connectivity index (χ0n) is 9.58. The molecule has 0 spiro atoms. The van der Waals surface area contributed by atoms with E-state index in [0.29, 0.717) is 5.56 Å². The lowest BCUT2D eigenvalue weighted by Crippen LogP contribution is -2.04. The SMILES string of the molecule is CC(C)C(=O)/C=C/c1cccc(C(F)(F)F)c1. The average Bonchev–Trinajstić information content (AvgIpc) is 2.25. The summed E-state index contributed by atoms with van der Waals surface area (Å²) >= 11 is 0. The highest BCUT2D eigenvalue weighted by Crippen LogP contribution is 2.29. The first-order chi connectivity index (χ1) is 7.80. The van der Waals surface area contributed by atoms with Crippen LogP contribution in [0.2, 0.25) is 0 Å². The van der Waals surface area contributed by atoms with E-state index < -0.39 is 11.7 Å². The molecule has 1 aromatic carbocycles. The Kier molecular flexibility index (Phi) is 4.10. The van der Waals surface area contributed by atoms with E-state index in [1.165, 1.54) is 24.3 Å². The van der Waals surface area contributed by atoms with Gasteiger partial charge in [-0.2, -0.15) is 13.2 Å². The van der Waals surface area contributed by atoms with Crippen LogP contribution in [-0.2, 0) is 11.0 Å². The van der Waals surface area contributed by atoms with Gasteiger partial charge in [-0.1, -0.05) is 32.1 Å². The second-order valence-corrected chi connectivity index (χ2v) is 4.01. The van der Waals surface area contributed by atoms with Crippen molar-refractivity contribution in [2.24, 2.45) is 5.92 Å². The van der Waals surface area contributed by atoms with Crippen molar-refractivity contribution in [1.29, 1.82) is 0 Å². The molecule has 0 aliphatic carbocycles. The van der Waals surface area contributed by atoms with E-state index in [0.717, 1.165) is 12.1 Å². The third-order valence-corrected chi connectivity index (χ3v) is 2.22. The molecule has 0 unspecified atom stereocenters. The van der Waals surface area contributed by atoms with Crippen LogP contribution in [0.4, 0.5) is 13.2 Å². The van der Waals surface area contributed by atoms with Crippen molar-refractivity contribution in [2.45, 2.75) is 20.0 Å². The van der Waals surface area contributed by atoms with Gasteiger partial charge in [-0.25, -0.2) is 0 Å². The molecule has 0 atom stereocenters. The van der Waals surface area contributed by atoms with Gasteiger partial charge >= 0.3 is 6.18 Å². The Morgan fingerprint density at radius 2 is 1.94 bits per heavy atom. The maximum atomic E-state index is 12.4. The molecule has 0 N–H and O–H groups in total. The fraction of sp³-hybridized carbons (Fsp3) is 0.308. The number of benzene rings is 1. The summed E-state index contributed by atoms with van der Waals surface area (Å²) in [5.74, 6) is -0.264. The monoisotopic (exact) mass is 242 g/mol. The van der Waals surface area contributed by atoms with Crippen LogP contribution >= 0.6 is 0 Å². The standard InChI is InChI=1S/C13H13F3O/c1-9(2)12(17)7-6-10-4-3-5-11(8-10)13(14,15)16/h3-9H,1-2H3/b7-6+. The number of hydrogen-bond acceptors (Lipinski definition) is 1. The molecule has 0 fully saturated rings. The molecule has 0 aromatic heterocycles. The van der Waals surface area contributed by atoms with E-state index in [1.54, 1.807) is 13.8 Å². The fourth-order valence-electron chi connectivity index (χ4n) is 1.19. The molecule has 4 heteroatoms. The maximum absolute atomic E-state index is 12.4. The number of halogens is 3. The Morgan fingerprint density at radius 1 is 1.29 bits per heavy atom. The minimum absolute atomic E-state index is 0.109. The van der Waals surface area contributed by atoms with E-state index in [-0.39, 0.29) is 11.7 Å². The number of carbonyl (C=O) groups excluding carboxylic acids is 1. The predicted molar refractivity (Wildman–Crippen MR) is 60.3 cm³/mol. The minimum Gasteiger partial charge on any atom is -0.295 e. The van der Waals surface area contributed by atoms with E-state index in [1.807, 2.05) is 0 Å². The molecule has 0 heterocycles. The molecule has 92 valence electrons. The maximum Gasteiger partial charge on any atom is 0.416 e. The highest BCUT2D eigenvalue weighted by molar-refractivity contribution is 5.94. The first-order valence-corrected chi connectivity index (χ1v) is 5.20. The van der Waals surface area contributed by atoms with Crippen molar-refractivity contribution in [3.05, 3.63) is 41.5 Å². The lowest BCUT2D eigenvalue weighted by molar-refractivity contribution is -0.137. The van der Waals surface area contributed by atoms with Crippen molar-refractivity contribution in [3.8, 4) is 0 Å². The van der Waals surface area contributed by atoms with Crippen molar-refractivity contribution in [2.75, 3.05) is 0 Å². The summed E-state index contributed by atoms with van der Waals surface area (Å²) in [5, 5.41) is 0. The Hall–Kier alpha value is -1.58. The third-order valence-electron chi connectivity index (χ3n) is 2.22. The van der Waals surface area contributed by atoms with Crippen LogP contribution in [0.5, 0.6) is 0 Å². The summed E-state index contributed by atoms with van der Waals surface area (Å²) in [5.41, 5.74) is -0.342. The second-order valence-electron chi connectivity index (χ2n) is 4.01. The summed E-state index contributed by atoms with van der Waals surface area (Å²) < 4.78 is 37.2. The van der Waals surface area contributed by atoms with Gasteiger partial charge in [-0.05, 0) is 23.8 Å². The molecule has 17 heavy (non-hydrogen) atoms. The van der Waals surface area contributed by atoms with Gasteiger partial charge in [0.25, 0.3) is 0 Å². The van der Waals surface area contributed by atoms with Gasteiger partial charge in [-0.15, -0.1) is 0 Å². The van der Waals surface area contributed by atoms with Gasteiger partial charge in [0.2, 0.25) is 0 Å². The van der Waals surface area contributed by atoms with Crippen molar-refractivity contribution < 1.29 is 18.0 Å². The Labute approximate surface area is 98.0 Å². The number of ketones is 1. The molecule has 0 bridgehead atoms. The molecule has 1 aromatic rings. The molecule has 0 aliphatic rings. The average molecular weight is 242 g/mol. The van der Waals surface area contributed by atoms with Gasteiger partial charge in [0, 0.05) is 5.92 Å². The minimum atomic E-state index is -4.36. The van der Waals surface area contributed by atoms with Crippen LogP contribution < -0.4 is 0 Å². The molecule has 0 saturated heterocycles. The quantitative estimate of drug-likeness (QED) is 0.733. The van der Waals surface area contributed by atoms with Gasteiger partial charge in [0.15, 0.2) is 5.78 Å². The van der Waals surface area contributed by atoms with Gasteiger partial charge in [0.1, 0.15) is 0 Å². The van der Waals surface area contributed by atoms with E-state index >= 15 is 0 Å². The van der Waals surface area contributed by atoms with E-state index in [2.05, 4.69) is 0 Å². The summed E-state index contributed by atoms with van der Waals surface area (Å²) in [4.78, 5) is 11.3. The summed E-state index contributed by atoms with van der Waals surface area (Å²) in [6.07, 6.45) is -1.65. The summed E-state index contributed by atoms with van der Waals surface area (Å²) in [7, 11) is 0. The summed E-state index contributed by atoms with van der Waals surface area (Å²) in [6, 6.07) is 4.87. The zero-order chi connectivity index (χ0) is 13.1. The van der Waals surface area contributed by atoms with Gasteiger partial charge in [-0.3, -0.25) is 4.79 Å². The summed E-state index contributed by atoms with van der Waals surface area (Å²) in [6.45, 7) is 3.47. The fourth-order valence-corrected chi connectivity index (χ4v) is 1.19. The number of hydrogen-bond donors (Lipinski definition) is 0. The van der Waals surface area contributed by atoms with Crippen LogP contribution in [0.15, 0.2) is 30.3 Å². The normalized spacial score (nSPS) is 12.4. The van der Waals surface area contributed by atoms with Crippen molar-refractivity contribution >= 4 is 11.9 Å². The second kappa shape index (κ2) is 5.17. The van der Waals surface area contributed by atoms with Crippen molar-refractivity contribution in [1.82, 2.24) is 0 Å². The van der Waals surface area contributed by atoms with Crippen LogP contribution in [-0.4, -0.2) is 5.78 Å². The third kappa shape index (κ3) is 4.06. The van der Waals surface area contributed by atoms with Gasteiger partial charge < -0.3 is 0 Å². The Bertz CT molecular complexity index is 431. The van der Waals surface area contributed by atoms with Crippen LogP contribution in [0.1, 0.15) is 25.0 Å². The highest BCUT2D eigenvalue weighted by Gasteiger charge is 2.30. The number of allylic oxidation sites excluding steroid dienone is 1. The number of carbonyl (C=O) groups is 1. The topological polar surface area (TPSA) is 17.1 Å². The first-order valence-electron chi connectivity index (χ1n) is 5.20. The first kappa shape index (κ1) is 13.5. The molecule has 0 radical (unpaired) electrons. The molecule has 0 saturated carbocycles. The zero-order valence-corrected chi connectivity index (χ0v) is 9.58. The smallest absolute Gasteiger partial charge is 0.295 e. The largest absolute Gasteiger partial charge is 0.416 e. The predicted octanol–water partition coefficient (Wildman–Crippen LogP) is 3.94.